The van der Waals surface area contributed by atoms with E-state index in [2.05, 4.69) is 6.92 Å². The Balaban J connectivity index is 1.80. The second-order valence-corrected chi connectivity index (χ2v) is 5.36. The van der Waals surface area contributed by atoms with Gasteiger partial charge in [-0.05, 0) is 18.4 Å². The second-order valence-electron chi connectivity index (χ2n) is 5.36. The van der Waals surface area contributed by atoms with Gasteiger partial charge in [0, 0.05) is 25.1 Å². The van der Waals surface area contributed by atoms with E-state index >= 15 is 0 Å². The van der Waals surface area contributed by atoms with Gasteiger partial charge >= 0.3 is 0 Å². The third-order valence-electron chi connectivity index (χ3n) is 3.80. The molecule has 0 aliphatic carbocycles. The average Bonchev–Trinajstić information content (AvgIpc) is 2.80. The van der Waals surface area contributed by atoms with Crippen LogP contribution in [0.5, 0.6) is 5.75 Å². The molecule has 1 unspecified atom stereocenters. The van der Waals surface area contributed by atoms with Crippen LogP contribution < -0.4 is 10.5 Å². The number of carbonyl (C=O) groups is 1. The summed E-state index contributed by atoms with van der Waals surface area (Å²) in [5.74, 6) is 1.62. The minimum Gasteiger partial charge on any atom is -0.491 e. The Morgan fingerprint density at radius 1 is 1.40 bits per heavy atom. The van der Waals surface area contributed by atoms with E-state index in [1.54, 1.807) is 0 Å². The van der Waals surface area contributed by atoms with Gasteiger partial charge in [0.15, 0.2) is 0 Å². The number of hydrogen-bond donors (Lipinski definition) is 1. The standard InChI is InChI=1S/C16H24N2O2/c1-2-5-13-10-16(19)18(12-13)8-9-20-15-7-4-3-6-14(15)11-17/h3-4,6-7,13H,2,5,8-12,17H2,1H3. The lowest BCUT2D eigenvalue weighted by molar-refractivity contribution is -0.128. The van der Waals surface area contributed by atoms with Crippen molar-refractivity contribution in [2.75, 3.05) is 19.7 Å². The Morgan fingerprint density at radius 3 is 2.95 bits per heavy atom. The molecule has 4 heteroatoms. The highest BCUT2D eigenvalue weighted by molar-refractivity contribution is 5.78. The number of nitrogens with zero attached hydrogens (tertiary/aromatic N) is 1. The van der Waals surface area contributed by atoms with Gasteiger partial charge in [0.05, 0.1) is 6.54 Å². The first-order valence-corrected chi connectivity index (χ1v) is 7.43. The predicted octanol–water partition coefficient (Wildman–Crippen LogP) is 2.17. The first-order chi connectivity index (χ1) is 9.74. The van der Waals surface area contributed by atoms with E-state index < -0.39 is 0 Å². The molecule has 0 aromatic heterocycles. The molecule has 1 saturated heterocycles. The van der Waals surface area contributed by atoms with E-state index in [9.17, 15) is 4.79 Å². The summed E-state index contributed by atoms with van der Waals surface area (Å²) in [4.78, 5) is 13.8. The molecule has 1 aliphatic rings. The van der Waals surface area contributed by atoms with E-state index in [0.717, 1.165) is 30.7 Å². The van der Waals surface area contributed by atoms with E-state index in [0.29, 0.717) is 32.0 Å². The molecule has 0 saturated carbocycles. The molecule has 1 heterocycles. The molecule has 0 bridgehead atoms. The van der Waals surface area contributed by atoms with Crippen LogP contribution in [0.25, 0.3) is 0 Å². The van der Waals surface area contributed by atoms with Crippen LogP contribution in [0.15, 0.2) is 24.3 Å². The molecule has 20 heavy (non-hydrogen) atoms. The topological polar surface area (TPSA) is 55.6 Å². The third-order valence-corrected chi connectivity index (χ3v) is 3.80. The predicted molar refractivity (Wildman–Crippen MR) is 79.4 cm³/mol. The maximum absolute atomic E-state index is 11.9. The van der Waals surface area contributed by atoms with Crippen LogP contribution in [0.3, 0.4) is 0 Å². The van der Waals surface area contributed by atoms with Gasteiger partial charge in [0.1, 0.15) is 12.4 Å². The van der Waals surface area contributed by atoms with E-state index in [1.807, 2.05) is 29.2 Å². The van der Waals surface area contributed by atoms with Crippen molar-refractivity contribution in [1.82, 2.24) is 4.90 Å². The molecule has 110 valence electrons. The van der Waals surface area contributed by atoms with Crippen molar-refractivity contribution in [2.45, 2.75) is 32.7 Å². The number of rotatable bonds is 7. The summed E-state index contributed by atoms with van der Waals surface area (Å²) < 4.78 is 5.76. The van der Waals surface area contributed by atoms with E-state index in [4.69, 9.17) is 10.5 Å². The minimum absolute atomic E-state index is 0.263. The lowest BCUT2D eigenvalue weighted by Crippen LogP contribution is -2.30. The average molecular weight is 276 g/mol. The second kappa shape index (κ2) is 7.29. The van der Waals surface area contributed by atoms with Gasteiger partial charge in [0.2, 0.25) is 5.91 Å². The summed E-state index contributed by atoms with van der Waals surface area (Å²) in [5.41, 5.74) is 6.68. The SMILES string of the molecule is CCCC1CC(=O)N(CCOc2ccccc2CN)C1. The fraction of sp³-hybridized carbons (Fsp3) is 0.562. The molecule has 4 nitrogen and oxygen atoms in total. The van der Waals surface area contributed by atoms with Gasteiger partial charge in [-0.25, -0.2) is 0 Å². The lowest BCUT2D eigenvalue weighted by Gasteiger charge is -2.17. The van der Waals surface area contributed by atoms with Crippen LogP contribution in [0, 0.1) is 5.92 Å². The number of hydrogen-bond acceptors (Lipinski definition) is 3. The van der Waals surface area contributed by atoms with Gasteiger partial charge in [-0.3, -0.25) is 4.79 Å². The zero-order chi connectivity index (χ0) is 14.4. The van der Waals surface area contributed by atoms with Crippen molar-refractivity contribution >= 4 is 5.91 Å². The largest absolute Gasteiger partial charge is 0.491 e. The van der Waals surface area contributed by atoms with Crippen LogP contribution in [0.4, 0.5) is 0 Å². The maximum atomic E-state index is 11.9. The molecule has 1 fully saturated rings. The van der Waals surface area contributed by atoms with Crippen LogP contribution in [-0.4, -0.2) is 30.5 Å². The fourth-order valence-electron chi connectivity index (χ4n) is 2.75. The van der Waals surface area contributed by atoms with Crippen LogP contribution in [-0.2, 0) is 11.3 Å². The van der Waals surface area contributed by atoms with E-state index in [1.165, 1.54) is 0 Å². The normalized spacial score (nSPS) is 18.6. The summed E-state index contributed by atoms with van der Waals surface area (Å²) in [6.07, 6.45) is 2.98. The molecular formula is C16H24N2O2. The monoisotopic (exact) mass is 276 g/mol. The lowest BCUT2D eigenvalue weighted by atomic mass is 10.0. The highest BCUT2D eigenvalue weighted by Gasteiger charge is 2.28. The van der Waals surface area contributed by atoms with Crippen LogP contribution >= 0.6 is 0 Å². The molecule has 2 N–H and O–H groups in total. The van der Waals surface area contributed by atoms with Gasteiger partial charge in [-0.2, -0.15) is 0 Å². The zero-order valence-electron chi connectivity index (χ0n) is 12.2. The summed E-state index contributed by atoms with van der Waals surface area (Å²) in [6, 6.07) is 7.78. The molecule has 0 radical (unpaired) electrons. The highest BCUT2D eigenvalue weighted by atomic mass is 16.5. The van der Waals surface area contributed by atoms with Crippen molar-refractivity contribution in [3.63, 3.8) is 0 Å². The molecular weight excluding hydrogens is 252 g/mol. The van der Waals surface area contributed by atoms with Crippen molar-refractivity contribution < 1.29 is 9.53 Å². The molecule has 1 aromatic rings. The van der Waals surface area contributed by atoms with Crippen LogP contribution in [0.2, 0.25) is 0 Å². The van der Waals surface area contributed by atoms with Gasteiger partial charge in [-0.1, -0.05) is 31.5 Å². The number of ether oxygens (including phenoxy) is 1. The molecule has 1 amide bonds. The molecule has 0 spiro atoms. The Labute approximate surface area is 120 Å². The molecule has 1 aromatic carbocycles. The van der Waals surface area contributed by atoms with Crippen LogP contribution in [0.1, 0.15) is 31.7 Å². The summed E-state index contributed by atoms with van der Waals surface area (Å²) in [6.45, 7) is 4.71. The summed E-state index contributed by atoms with van der Waals surface area (Å²) in [5, 5.41) is 0. The first-order valence-electron chi connectivity index (χ1n) is 7.43. The van der Waals surface area contributed by atoms with Crippen molar-refractivity contribution in [2.24, 2.45) is 11.7 Å². The zero-order valence-corrected chi connectivity index (χ0v) is 12.2. The summed E-state index contributed by atoms with van der Waals surface area (Å²) >= 11 is 0. The molecule has 1 atom stereocenters. The number of benzene rings is 1. The number of nitrogens with two attached hydrogens (primary N) is 1. The maximum Gasteiger partial charge on any atom is 0.223 e. The summed E-state index contributed by atoms with van der Waals surface area (Å²) in [7, 11) is 0. The third kappa shape index (κ3) is 3.73. The fourth-order valence-corrected chi connectivity index (χ4v) is 2.75. The Kier molecular flexibility index (Phi) is 5.41. The van der Waals surface area contributed by atoms with Crippen molar-refractivity contribution in [1.29, 1.82) is 0 Å². The smallest absolute Gasteiger partial charge is 0.223 e. The minimum atomic E-state index is 0.263. The Hall–Kier alpha value is -1.55. The number of carbonyl (C=O) groups excluding carboxylic acids is 1. The molecule has 2 rings (SSSR count). The highest BCUT2D eigenvalue weighted by Crippen LogP contribution is 2.22. The Bertz CT molecular complexity index is 448. The van der Waals surface area contributed by atoms with E-state index in [-0.39, 0.29) is 5.91 Å². The molecule has 1 aliphatic heterocycles. The van der Waals surface area contributed by atoms with Crippen molar-refractivity contribution in [3.8, 4) is 5.75 Å². The first kappa shape index (κ1) is 14.9. The Morgan fingerprint density at radius 2 is 2.20 bits per heavy atom. The number of likely N-dealkylation sites (tertiary alicyclic amines) is 1. The van der Waals surface area contributed by atoms with Crippen molar-refractivity contribution in [3.05, 3.63) is 29.8 Å². The quantitative estimate of drug-likeness (QED) is 0.830. The number of para-hydroxylation sites is 1. The van der Waals surface area contributed by atoms with Gasteiger partial charge in [0.25, 0.3) is 0 Å². The number of amides is 1. The van der Waals surface area contributed by atoms with Gasteiger partial charge < -0.3 is 15.4 Å². The van der Waals surface area contributed by atoms with Gasteiger partial charge in [-0.15, -0.1) is 0 Å².